The van der Waals surface area contributed by atoms with E-state index in [1.54, 1.807) is 4.90 Å². The van der Waals surface area contributed by atoms with Crippen LogP contribution in [0.4, 0.5) is 0 Å². The van der Waals surface area contributed by atoms with Gasteiger partial charge in [-0.25, -0.2) is 0 Å². The second-order valence-corrected chi connectivity index (χ2v) is 7.71. The zero-order valence-electron chi connectivity index (χ0n) is 17.4. The van der Waals surface area contributed by atoms with Crippen molar-refractivity contribution in [1.82, 2.24) is 4.90 Å². The molecule has 4 rings (SSSR count). The molecule has 0 aromatic heterocycles. The summed E-state index contributed by atoms with van der Waals surface area (Å²) < 4.78 is 11.8. The highest BCUT2D eigenvalue weighted by Gasteiger charge is 2.28. The van der Waals surface area contributed by atoms with E-state index in [0.29, 0.717) is 25.3 Å². The molecule has 1 N–H and O–H groups in total. The standard InChI is InChI=1S/C26H27NO4/c28-17-23-8-5-15-27(23)26(29)22-13-11-21(12-14-22)19-31-25-10-4-9-24(16-25)30-18-20-6-2-1-3-7-20/h1-4,6-7,9-14,16,23,28H,5,8,15,17-19H2/t23-/m1/s1. The number of hydrogen-bond donors (Lipinski definition) is 1. The Morgan fingerprint density at radius 1 is 0.871 bits per heavy atom. The van der Waals surface area contributed by atoms with Gasteiger partial charge in [0.1, 0.15) is 24.7 Å². The van der Waals surface area contributed by atoms with E-state index in [-0.39, 0.29) is 18.6 Å². The number of rotatable bonds is 8. The van der Waals surface area contributed by atoms with Crippen LogP contribution in [0.1, 0.15) is 34.3 Å². The maximum Gasteiger partial charge on any atom is 0.254 e. The van der Waals surface area contributed by atoms with Crippen molar-refractivity contribution in [3.05, 3.63) is 95.6 Å². The minimum absolute atomic E-state index is 0.0196. The SMILES string of the molecule is O=C(c1ccc(COc2cccc(OCc3ccccc3)c2)cc1)N1CCC[C@@H]1CO. The predicted molar refractivity (Wildman–Crippen MR) is 119 cm³/mol. The molecular weight excluding hydrogens is 390 g/mol. The van der Waals surface area contributed by atoms with Crippen molar-refractivity contribution >= 4 is 5.91 Å². The van der Waals surface area contributed by atoms with Crippen LogP contribution in [0.15, 0.2) is 78.9 Å². The van der Waals surface area contributed by atoms with Crippen molar-refractivity contribution in [1.29, 1.82) is 0 Å². The molecule has 5 nitrogen and oxygen atoms in total. The van der Waals surface area contributed by atoms with Gasteiger partial charge in [0.2, 0.25) is 0 Å². The highest BCUT2D eigenvalue weighted by Crippen LogP contribution is 2.23. The summed E-state index contributed by atoms with van der Waals surface area (Å²) in [6, 6.07) is 25.0. The Balaban J connectivity index is 1.31. The molecule has 31 heavy (non-hydrogen) atoms. The van der Waals surface area contributed by atoms with Crippen molar-refractivity contribution in [2.45, 2.75) is 32.1 Å². The van der Waals surface area contributed by atoms with Crippen LogP contribution in [0, 0.1) is 0 Å². The van der Waals surface area contributed by atoms with Gasteiger partial charge in [0.05, 0.1) is 12.6 Å². The Bertz CT molecular complexity index is 988. The molecule has 0 spiro atoms. The Morgan fingerprint density at radius 3 is 2.16 bits per heavy atom. The van der Waals surface area contributed by atoms with Crippen LogP contribution < -0.4 is 9.47 Å². The zero-order valence-corrected chi connectivity index (χ0v) is 17.4. The van der Waals surface area contributed by atoms with Crippen LogP contribution in [0.5, 0.6) is 11.5 Å². The second kappa shape index (κ2) is 10.1. The molecule has 5 heteroatoms. The third-order valence-electron chi connectivity index (χ3n) is 5.51. The smallest absolute Gasteiger partial charge is 0.254 e. The summed E-state index contributed by atoms with van der Waals surface area (Å²) in [4.78, 5) is 14.4. The summed E-state index contributed by atoms with van der Waals surface area (Å²) in [7, 11) is 0. The number of aliphatic hydroxyl groups excluding tert-OH is 1. The molecule has 1 fully saturated rings. The van der Waals surface area contributed by atoms with Crippen molar-refractivity contribution in [2.75, 3.05) is 13.2 Å². The summed E-state index contributed by atoms with van der Waals surface area (Å²) in [6.45, 7) is 1.64. The summed E-state index contributed by atoms with van der Waals surface area (Å²) in [5.41, 5.74) is 2.73. The quantitative estimate of drug-likeness (QED) is 0.589. The van der Waals surface area contributed by atoms with E-state index in [1.807, 2.05) is 78.9 Å². The van der Waals surface area contributed by atoms with E-state index in [9.17, 15) is 9.90 Å². The maximum atomic E-state index is 12.7. The minimum Gasteiger partial charge on any atom is -0.489 e. The lowest BCUT2D eigenvalue weighted by atomic mass is 10.1. The number of carbonyl (C=O) groups is 1. The van der Waals surface area contributed by atoms with Gasteiger partial charge in [0.25, 0.3) is 5.91 Å². The molecule has 1 atom stereocenters. The Morgan fingerprint density at radius 2 is 1.52 bits per heavy atom. The fraction of sp³-hybridized carbons (Fsp3) is 0.269. The number of benzene rings is 3. The summed E-state index contributed by atoms with van der Waals surface area (Å²) in [6.07, 6.45) is 1.80. The first-order chi connectivity index (χ1) is 15.2. The first-order valence-corrected chi connectivity index (χ1v) is 10.6. The largest absolute Gasteiger partial charge is 0.489 e. The Kier molecular flexibility index (Phi) is 6.85. The van der Waals surface area contributed by atoms with Crippen molar-refractivity contribution in [2.24, 2.45) is 0 Å². The molecule has 0 bridgehead atoms. The summed E-state index contributed by atoms with van der Waals surface area (Å²) in [5, 5.41) is 9.45. The highest BCUT2D eigenvalue weighted by molar-refractivity contribution is 5.94. The molecule has 1 aliphatic rings. The minimum atomic E-state index is -0.0631. The number of hydrogen-bond acceptors (Lipinski definition) is 4. The molecule has 0 saturated carbocycles. The van der Waals surface area contributed by atoms with Gasteiger partial charge < -0.3 is 19.5 Å². The molecule has 0 radical (unpaired) electrons. The number of nitrogens with zero attached hydrogens (tertiary/aromatic N) is 1. The topological polar surface area (TPSA) is 59.0 Å². The lowest BCUT2D eigenvalue weighted by molar-refractivity contribution is 0.0677. The molecule has 160 valence electrons. The van der Waals surface area contributed by atoms with Crippen LogP contribution in [-0.4, -0.2) is 35.1 Å². The first-order valence-electron chi connectivity index (χ1n) is 10.6. The Labute approximate surface area is 182 Å². The summed E-state index contributed by atoms with van der Waals surface area (Å²) >= 11 is 0. The number of carbonyl (C=O) groups excluding carboxylic acids is 1. The monoisotopic (exact) mass is 417 g/mol. The van der Waals surface area contributed by atoms with Gasteiger partial charge in [-0.1, -0.05) is 48.5 Å². The van der Waals surface area contributed by atoms with Gasteiger partial charge in [0.15, 0.2) is 0 Å². The average Bonchev–Trinajstić information content (AvgIpc) is 3.31. The van der Waals surface area contributed by atoms with E-state index in [4.69, 9.17) is 9.47 Å². The van der Waals surface area contributed by atoms with Gasteiger partial charge in [-0.2, -0.15) is 0 Å². The number of aliphatic hydroxyl groups is 1. The first kappa shape index (κ1) is 20.9. The molecule has 1 amide bonds. The average molecular weight is 418 g/mol. The van der Waals surface area contributed by atoms with Crippen LogP contribution in [-0.2, 0) is 13.2 Å². The predicted octanol–water partition coefficient (Wildman–Crippen LogP) is 4.44. The number of amides is 1. The summed E-state index contributed by atoms with van der Waals surface area (Å²) in [5.74, 6) is 1.47. The molecule has 0 unspecified atom stereocenters. The molecule has 3 aromatic carbocycles. The number of likely N-dealkylation sites (tertiary alicyclic amines) is 1. The van der Waals surface area contributed by atoms with Crippen LogP contribution in [0.25, 0.3) is 0 Å². The van der Waals surface area contributed by atoms with E-state index >= 15 is 0 Å². The molecule has 1 saturated heterocycles. The van der Waals surface area contributed by atoms with Gasteiger partial charge in [-0.05, 0) is 48.2 Å². The lowest BCUT2D eigenvalue weighted by Gasteiger charge is -2.23. The molecule has 1 heterocycles. The van der Waals surface area contributed by atoms with Gasteiger partial charge >= 0.3 is 0 Å². The van der Waals surface area contributed by atoms with Crippen LogP contribution >= 0.6 is 0 Å². The normalized spacial score (nSPS) is 15.6. The van der Waals surface area contributed by atoms with Crippen LogP contribution in [0.2, 0.25) is 0 Å². The molecular formula is C26H27NO4. The fourth-order valence-electron chi connectivity index (χ4n) is 3.76. The molecule has 0 aliphatic carbocycles. The van der Waals surface area contributed by atoms with Crippen LogP contribution in [0.3, 0.4) is 0 Å². The van der Waals surface area contributed by atoms with E-state index in [0.717, 1.165) is 35.5 Å². The zero-order chi connectivity index (χ0) is 21.5. The van der Waals surface area contributed by atoms with E-state index in [1.165, 1.54) is 0 Å². The van der Waals surface area contributed by atoms with Crippen molar-refractivity contribution in [3.63, 3.8) is 0 Å². The highest BCUT2D eigenvalue weighted by atomic mass is 16.5. The lowest BCUT2D eigenvalue weighted by Crippen LogP contribution is -2.37. The second-order valence-electron chi connectivity index (χ2n) is 7.71. The molecule has 1 aliphatic heterocycles. The Hall–Kier alpha value is -3.31. The fourth-order valence-corrected chi connectivity index (χ4v) is 3.76. The third-order valence-corrected chi connectivity index (χ3v) is 5.51. The van der Waals surface area contributed by atoms with E-state index in [2.05, 4.69) is 0 Å². The molecule has 3 aromatic rings. The van der Waals surface area contributed by atoms with Gasteiger partial charge in [0, 0.05) is 18.2 Å². The van der Waals surface area contributed by atoms with E-state index < -0.39 is 0 Å². The number of ether oxygens (including phenoxy) is 2. The van der Waals surface area contributed by atoms with Gasteiger partial charge in [-0.15, -0.1) is 0 Å². The van der Waals surface area contributed by atoms with Crippen molar-refractivity contribution in [3.8, 4) is 11.5 Å². The third kappa shape index (κ3) is 5.44. The van der Waals surface area contributed by atoms with Gasteiger partial charge in [-0.3, -0.25) is 4.79 Å². The van der Waals surface area contributed by atoms with Crippen molar-refractivity contribution < 1.29 is 19.4 Å². The maximum absolute atomic E-state index is 12.7.